The Morgan fingerprint density at radius 1 is 0.897 bits per heavy atom. The average Bonchev–Trinajstić information content (AvgIpc) is 3.47. The van der Waals surface area contributed by atoms with Crippen LogP contribution in [0.25, 0.3) is 0 Å². The maximum absolute atomic E-state index is 13.1. The van der Waals surface area contributed by atoms with Crippen LogP contribution in [-0.4, -0.2) is 90.0 Å². The molecule has 0 aromatic heterocycles. The zero-order chi connectivity index (χ0) is 41.9. The van der Waals surface area contributed by atoms with Gasteiger partial charge < -0.3 is 31.9 Å². The number of nitrogens with two attached hydrogens (primary N) is 2. The number of hydrogen-bond acceptors (Lipinski definition) is 11. The maximum Gasteiger partial charge on any atom is 0.262 e. The van der Waals surface area contributed by atoms with Crippen LogP contribution in [-0.2, 0) is 20.9 Å². The van der Waals surface area contributed by atoms with Crippen molar-refractivity contribution in [1.82, 2.24) is 15.1 Å². The number of amides is 5. The van der Waals surface area contributed by atoms with Crippen molar-refractivity contribution in [3.05, 3.63) is 89.0 Å². The molecule has 14 nitrogen and oxygen atoms in total. The van der Waals surface area contributed by atoms with Crippen LogP contribution in [0, 0.1) is 0 Å². The number of benzene rings is 3. The Morgan fingerprint density at radius 2 is 1.60 bits per heavy atom. The van der Waals surface area contributed by atoms with Crippen molar-refractivity contribution in [2.75, 3.05) is 31.7 Å². The third-order valence-electron chi connectivity index (χ3n) is 9.77. The number of primary amides is 1. The molecule has 0 fully saturated rings. The molecule has 1 aliphatic heterocycles. The summed E-state index contributed by atoms with van der Waals surface area (Å²) in [7, 11) is 3.27. The first kappa shape index (κ1) is 44.9. The highest BCUT2D eigenvalue weighted by atomic mass is 32.2. The molecular weight excluding hydrogens is 757 g/mol. The van der Waals surface area contributed by atoms with Crippen molar-refractivity contribution in [2.24, 2.45) is 21.7 Å². The highest BCUT2D eigenvalue weighted by molar-refractivity contribution is 8.00. The fraction of sp³-hybridized carbons (Fsp3) is 0.395. The summed E-state index contributed by atoms with van der Waals surface area (Å²) in [5, 5.41) is 9.66. The summed E-state index contributed by atoms with van der Waals surface area (Å²) < 4.78 is 0. The lowest BCUT2D eigenvalue weighted by molar-refractivity contribution is -0.130. The van der Waals surface area contributed by atoms with Gasteiger partial charge >= 0.3 is 0 Å². The molecule has 1 unspecified atom stereocenters. The van der Waals surface area contributed by atoms with Crippen LogP contribution in [0.1, 0.15) is 107 Å². The normalized spacial score (nSPS) is 13.1. The van der Waals surface area contributed by atoms with Crippen LogP contribution < -0.4 is 22.2 Å². The van der Waals surface area contributed by atoms with Gasteiger partial charge in [-0.15, -0.1) is 11.8 Å². The van der Waals surface area contributed by atoms with Gasteiger partial charge in [0.25, 0.3) is 11.8 Å². The number of fused-ring (bicyclic) bond motifs is 1. The van der Waals surface area contributed by atoms with E-state index >= 15 is 0 Å². The van der Waals surface area contributed by atoms with E-state index in [4.69, 9.17) is 11.6 Å². The number of imide groups is 1. The molecule has 0 saturated heterocycles. The lowest BCUT2D eigenvalue weighted by Crippen LogP contribution is -2.48. The standard InChI is InChI=1S/C43H54N8O6S/c1-46-41(55)38(18-13-23-52)51-42(56)36-21-20-33(26-37(36)43(51)57)47-22-10-8-6-4-3-5-7-9-19-39(53)50(2)28-30-14-11-17-35(24-30)58-29-34(49-45)27-48-32-16-12-15-31(25-32)40(44)54/h11-12,14-17,20-21,23-27,38,47H,3-10,13,18-19,22,28-29,45H2,1-2H3,(H2,44,54)(H,46,55)/b48-27?,49-34+. The summed E-state index contributed by atoms with van der Waals surface area (Å²) in [6.07, 6.45) is 11.2. The molecule has 1 heterocycles. The number of aliphatic imine (C=N–C) groups is 1. The Kier molecular flexibility index (Phi) is 18.1. The number of carbonyl (C=O) groups is 6. The lowest BCUT2D eigenvalue weighted by atomic mass is 10.1. The highest BCUT2D eigenvalue weighted by Gasteiger charge is 2.42. The molecule has 1 atom stereocenters. The Hall–Kier alpha value is -5.83. The van der Waals surface area contributed by atoms with E-state index in [0.29, 0.717) is 42.0 Å². The number of carbonyl (C=O) groups excluding carboxylic acids is 6. The first-order valence-electron chi connectivity index (χ1n) is 19.6. The topological polar surface area (TPSA) is 210 Å². The second kappa shape index (κ2) is 23.4. The molecule has 6 N–H and O–H groups in total. The Labute approximate surface area is 344 Å². The van der Waals surface area contributed by atoms with Gasteiger partial charge in [-0.2, -0.15) is 5.10 Å². The predicted octanol–water partition coefficient (Wildman–Crippen LogP) is 5.87. The summed E-state index contributed by atoms with van der Waals surface area (Å²) in [4.78, 5) is 81.9. The van der Waals surface area contributed by atoms with Gasteiger partial charge in [-0.1, -0.05) is 56.7 Å². The van der Waals surface area contributed by atoms with Crippen molar-refractivity contribution in [2.45, 2.75) is 88.1 Å². The molecule has 0 aliphatic carbocycles. The molecule has 58 heavy (non-hydrogen) atoms. The fourth-order valence-electron chi connectivity index (χ4n) is 6.56. The van der Waals surface area contributed by atoms with Crippen LogP contribution in [0.15, 0.2) is 81.7 Å². The van der Waals surface area contributed by atoms with Crippen molar-refractivity contribution < 1.29 is 28.8 Å². The average molecular weight is 811 g/mol. The van der Waals surface area contributed by atoms with E-state index in [2.05, 4.69) is 26.8 Å². The molecule has 3 aromatic rings. The molecule has 0 spiro atoms. The number of aldehydes is 1. The first-order valence-corrected chi connectivity index (χ1v) is 20.6. The monoisotopic (exact) mass is 810 g/mol. The van der Waals surface area contributed by atoms with Crippen LogP contribution >= 0.6 is 11.8 Å². The minimum Gasteiger partial charge on any atom is -0.385 e. The Balaban J connectivity index is 1.07. The van der Waals surface area contributed by atoms with Gasteiger partial charge in [-0.05, 0) is 73.4 Å². The molecule has 0 radical (unpaired) electrons. The summed E-state index contributed by atoms with van der Waals surface area (Å²) >= 11 is 1.56. The van der Waals surface area contributed by atoms with Gasteiger partial charge in [0.15, 0.2) is 0 Å². The number of hydrogen-bond donors (Lipinski definition) is 4. The van der Waals surface area contributed by atoms with E-state index < -0.39 is 29.7 Å². The van der Waals surface area contributed by atoms with Gasteiger partial charge in [-0.25, -0.2) is 0 Å². The van der Waals surface area contributed by atoms with Crippen LogP contribution in [0.5, 0.6) is 0 Å². The maximum atomic E-state index is 13.1. The lowest BCUT2D eigenvalue weighted by Gasteiger charge is -2.24. The SMILES string of the molecule is CNC(=O)C(CCC=O)N1C(=O)c2ccc(NCCCCCCCCCCC(=O)N(C)Cc3cccc(SC/C(C=Nc4cccc(C(N)=O)c4)=N/N)c3)cc2C1=O. The van der Waals surface area contributed by atoms with E-state index in [1.807, 2.05) is 25.2 Å². The molecule has 1 aliphatic rings. The number of likely N-dealkylation sites (N-methyl/N-ethyl adjacent to an activating group) is 1. The smallest absolute Gasteiger partial charge is 0.262 e. The highest BCUT2D eigenvalue weighted by Crippen LogP contribution is 2.29. The Bertz CT molecular complexity index is 1990. The summed E-state index contributed by atoms with van der Waals surface area (Å²) in [6.45, 7) is 1.24. The van der Waals surface area contributed by atoms with E-state index in [1.54, 1.807) is 65.3 Å². The number of hydrazone groups is 1. The third-order valence-corrected chi connectivity index (χ3v) is 10.8. The van der Waals surface area contributed by atoms with Crippen molar-refractivity contribution >= 4 is 70.9 Å². The van der Waals surface area contributed by atoms with E-state index in [0.717, 1.165) is 79.0 Å². The number of unbranched alkanes of at least 4 members (excludes halogenated alkanes) is 7. The fourth-order valence-corrected chi connectivity index (χ4v) is 7.43. The van der Waals surface area contributed by atoms with E-state index in [-0.39, 0.29) is 29.9 Å². The molecule has 0 bridgehead atoms. The second-order valence-electron chi connectivity index (χ2n) is 14.1. The minimum absolute atomic E-state index is 0.0602. The van der Waals surface area contributed by atoms with Crippen LogP contribution in [0.4, 0.5) is 11.4 Å². The zero-order valence-electron chi connectivity index (χ0n) is 33.3. The van der Waals surface area contributed by atoms with Crippen LogP contribution in [0.2, 0.25) is 0 Å². The van der Waals surface area contributed by atoms with Gasteiger partial charge in [0, 0.05) is 61.9 Å². The Morgan fingerprint density at radius 3 is 2.31 bits per heavy atom. The molecule has 308 valence electrons. The van der Waals surface area contributed by atoms with Crippen molar-refractivity contribution in [3.8, 4) is 0 Å². The molecule has 4 rings (SSSR count). The number of thioether (sulfide) groups is 1. The second-order valence-corrected chi connectivity index (χ2v) is 15.1. The molecule has 3 aromatic carbocycles. The van der Waals surface area contributed by atoms with Crippen molar-refractivity contribution in [1.29, 1.82) is 0 Å². The number of rotatable bonds is 25. The quantitative estimate of drug-likeness (QED) is 0.0153. The number of anilines is 1. The number of nitrogens with one attached hydrogen (secondary N) is 2. The van der Waals surface area contributed by atoms with Crippen molar-refractivity contribution in [3.63, 3.8) is 0 Å². The zero-order valence-corrected chi connectivity index (χ0v) is 34.1. The van der Waals surface area contributed by atoms with Crippen LogP contribution in [0.3, 0.4) is 0 Å². The van der Waals surface area contributed by atoms with E-state index in [9.17, 15) is 28.8 Å². The van der Waals surface area contributed by atoms with Gasteiger partial charge in [0.05, 0.1) is 28.7 Å². The number of nitrogens with zero attached hydrogens (tertiary/aromatic N) is 4. The summed E-state index contributed by atoms with van der Waals surface area (Å²) in [5.41, 5.74) is 9.15. The predicted molar refractivity (Wildman–Crippen MR) is 229 cm³/mol. The van der Waals surface area contributed by atoms with Gasteiger partial charge in [0.1, 0.15) is 12.3 Å². The van der Waals surface area contributed by atoms with Gasteiger partial charge in [0.2, 0.25) is 17.7 Å². The molecule has 5 amide bonds. The molecule has 0 saturated carbocycles. The summed E-state index contributed by atoms with van der Waals surface area (Å²) in [6, 6.07) is 18.7. The van der Waals surface area contributed by atoms with Gasteiger partial charge in [-0.3, -0.25) is 33.9 Å². The first-order chi connectivity index (χ1) is 28.1. The minimum atomic E-state index is -1.04. The third kappa shape index (κ3) is 13.4. The molecule has 15 heteroatoms. The largest absolute Gasteiger partial charge is 0.385 e. The van der Waals surface area contributed by atoms with E-state index in [1.165, 1.54) is 7.05 Å². The summed E-state index contributed by atoms with van der Waals surface area (Å²) in [5.74, 6) is 4.15. The molecular formula is C43H54N8O6S.